The van der Waals surface area contributed by atoms with Crippen molar-refractivity contribution in [2.75, 3.05) is 12.4 Å². The van der Waals surface area contributed by atoms with Crippen LogP contribution in [0.3, 0.4) is 0 Å². The number of methoxy groups -OCH3 is 1. The first-order chi connectivity index (χ1) is 12.1. The van der Waals surface area contributed by atoms with Gasteiger partial charge in [0.1, 0.15) is 11.6 Å². The Balaban J connectivity index is 1.48. The van der Waals surface area contributed by atoms with E-state index in [4.69, 9.17) is 4.74 Å². The van der Waals surface area contributed by atoms with Gasteiger partial charge in [0, 0.05) is 12.1 Å². The maximum Gasteiger partial charge on any atom is 0.224 e. The highest BCUT2D eigenvalue weighted by molar-refractivity contribution is 5.90. The number of anilines is 1. The third-order valence-corrected chi connectivity index (χ3v) is 5.01. The lowest BCUT2D eigenvalue weighted by Gasteiger charge is -2.28. The van der Waals surface area contributed by atoms with Crippen LogP contribution in [0.4, 0.5) is 10.1 Å². The van der Waals surface area contributed by atoms with Crippen molar-refractivity contribution in [3.05, 3.63) is 59.9 Å². The second-order valence-electron chi connectivity index (χ2n) is 6.75. The maximum atomic E-state index is 12.9. The largest absolute Gasteiger partial charge is 0.497 e. The normalized spacial score (nSPS) is 20.1. The van der Waals surface area contributed by atoms with Crippen LogP contribution >= 0.6 is 0 Å². The zero-order valence-electron chi connectivity index (χ0n) is 14.5. The van der Waals surface area contributed by atoms with Crippen LogP contribution in [0, 0.1) is 11.7 Å². The standard InChI is InChI=1S/C21H24FNO2/c1-25-20-4-2-3-17(14-20)16-7-5-15(6-8-16)13-21(24)23-19-11-9-18(22)10-12-19/h2-4,9-12,14-16H,5-8,13H2,1H3,(H,23,24)/t15-,16+. The molecule has 1 aliphatic carbocycles. The van der Waals surface area contributed by atoms with Crippen molar-refractivity contribution in [2.24, 2.45) is 5.92 Å². The molecule has 0 heterocycles. The van der Waals surface area contributed by atoms with Gasteiger partial charge in [-0.05, 0) is 79.5 Å². The lowest BCUT2D eigenvalue weighted by atomic mass is 9.77. The van der Waals surface area contributed by atoms with Crippen LogP contribution in [-0.4, -0.2) is 13.0 Å². The number of carbonyl (C=O) groups excluding carboxylic acids is 1. The molecule has 1 amide bonds. The first-order valence-electron chi connectivity index (χ1n) is 8.83. The highest BCUT2D eigenvalue weighted by Gasteiger charge is 2.24. The average Bonchev–Trinajstić information content (AvgIpc) is 2.64. The third-order valence-electron chi connectivity index (χ3n) is 5.01. The topological polar surface area (TPSA) is 38.3 Å². The summed E-state index contributed by atoms with van der Waals surface area (Å²) >= 11 is 0. The van der Waals surface area contributed by atoms with Crippen LogP contribution < -0.4 is 10.1 Å². The molecular weight excluding hydrogens is 317 g/mol. The zero-order valence-corrected chi connectivity index (χ0v) is 14.5. The minimum Gasteiger partial charge on any atom is -0.497 e. The zero-order chi connectivity index (χ0) is 17.6. The molecule has 0 atom stereocenters. The van der Waals surface area contributed by atoms with E-state index in [0.29, 0.717) is 23.9 Å². The van der Waals surface area contributed by atoms with Crippen LogP contribution in [0.5, 0.6) is 5.75 Å². The van der Waals surface area contributed by atoms with Crippen molar-refractivity contribution in [1.82, 2.24) is 0 Å². The van der Waals surface area contributed by atoms with Crippen molar-refractivity contribution in [3.63, 3.8) is 0 Å². The number of carbonyl (C=O) groups is 1. The molecule has 0 saturated heterocycles. The van der Waals surface area contributed by atoms with Gasteiger partial charge in [-0.3, -0.25) is 4.79 Å². The molecule has 2 aromatic carbocycles. The van der Waals surface area contributed by atoms with Crippen LogP contribution in [-0.2, 0) is 4.79 Å². The fourth-order valence-electron chi connectivity index (χ4n) is 3.60. The Morgan fingerprint density at radius 1 is 1.12 bits per heavy atom. The SMILES string of the molecule is COc1cccc([C@H]2CC[C@@H](CC(=O)Nc3ccc(F)cc3)CC2)c1. The molecule has 132 valence electrons. The van der Waals surface area contributed by atoms with Crippen molar-refractivity contribution in [1.29, 1.82) is 0 Å². The van der Waals surface area contributed by atoms with Crippen molar-refractivity contribution < 1.29 is 13.9 Å². The molecule has 4 heteroatoms. The van der Waals surface area contributed by atoms with Gasteiger partial charge in [-0.25, -0.2) is 4.39 Å². The monoisotopic (exact) mass is 341 g/mol. The number of hydrogen-bond donors (Lipinski definition) is 1. The number of benzene rings is 2. The molecule has 0 spiro atoms. The molecule has 0 unspecified atom stereocenters. The van der Waals surface area contributed by atoms with Crippen LogP contribution in [0.25, 0.3) is 0 Å². The Bertz CT molecular complexity index is 706. The summed E-state index contributed by atoms with van der Waals surface area (Å²) in [6.45, 7) is 0. The molecule has 0 bridgehead atoms. The van der Waals surface area contributed by atoms with E-state index >= 15 is 0 Å². The van der Waals surface area contributed by atoms with Gasteiger partial charge in [-0.15, -0.1) is 0 Å². The van der Waals surface area contributed by atoms with E-state index in [1.165, 1.54) is 17.7 Å². The lowest BCUT2D eigenvalue weighted by Crippen LogP contribution is -2.20. The predicted octanol–water partition coefficient (Wildman–Crippen LogP) is 5.14. The van der Waals surface area contributed by atoms with E-state index in [0.717, 1.165) is 31.4 Å². The second kappa shape index (κ2) is 8.15. The van der Waals surface area contributed by atoms with Gasteiger partial charge in [0.2, 0.25) is 5.91 Å². The summed E-state index contributed by atoms with van der Waals surface area (Å²) in [6.07, 6.45) is 4.84. The van der Waals surface area contributed by atoms with Gasteiger partial charge in [-0.2, -0.15) is 0 Å². The minimum absolute atomic E-state index is 0.0106. The Morgan fingerprint density at radius 2 is 1.84 bits per heavy atom. The Labute approximate surface area is 148 Å². The highest BCUT2D eigenvalue weighted by atomic mass is 19.1. The van der Waals surface area contributed by atoms with E-state index in [2.05, 4.69) is 17.4 Å². The maximum absolute atomic E-state index is 12.9. The van der Waals surface area contributed by atoms with Gasteiger partial charge in [-0.1, -0.05) is 12.1 Å². The summed E-state index contributed by atoms with van der Waals surface area (Å²) < 4.78 is 18.2. The Morgan fingerprint density at radius 3 is 2.52 bits per heavy atom. The number of ether oxygens (including phenoxy) is 1. The number of nitrogens with one attached hydrogen (secondary N) is 1. The summed E-state index contributed by atoms with van der Waals surface area (Å²) in [5.74, 6) is 1.58. The van der Waals surface area contributed by atoms with Crippen molar-refractivity contribution in [2.45, 2.75) is 38.0 Å². The molecule has 3 rings (SSSR count). The molecule has 0 aliphatic heterocycles. The summed E-state index contributed by atoms with van der Waals surface area (Å²) in [7, 11) is 1.69. The summed E-state index contributed by atoms with van der Waals surface area (Å²) in [5, 5.41) is 2.85. The molecule has 1 fully saturated rings. The molecule has 0 radical (unpaired) electrons. The van der Waals surface area contributed by atoms with E-state index in [1.807, 2.05) is 12.1 Å². The molecule has 2 aromatic rings. The molecule has 1 aliphatic rings. The third kappa shape index (κ3) is 4.81. The molecule has 1 N–H and O–H groups in total. The molecule has 0 aromatic heterocycles. The fourth-order valence-corrected chi connectivity index (χ4v) is 3.60. The first-order valence-corrected chi connectivity index (χ1v) is 8.83. The highest BCUT2D eigenvalue weighted by Crippen LogP contribution is 2.38. The molecule has 1 saturated carbocycles. The number of amides is 1. The van der Waals surface area contributed by atoms with E-state index < -0.39 is 0 Å². The minimum atomic E-state index is -0.297. The molecular formula is C21H24FNO2. The van der Waals surface area contributed by atoms with E-state index in [1.54, 1.807) is 19.2 Å². The second-order valence-corrected chi connectivity index (χ2v) is 6.75. The van der Waals surface area contributed by atoms with Crippen molar-refractivity contribution in [3.8, 4) is 5.75 Å². The fraction of sp³-hybridized carbons (Fsp3) is 0.381. The number of rotatable bonds is 5. The summed E-state index contributed by atoms with van der Waals surface area (Å²) in [4.78, 5) is 12.2. The smallest absolute Gasteiger partial charge is 0.224 e. The van der Waals surface area contributed by atoms with Gasteiger partial charge >= 0.3 is 0 Å². The van der Waals surface area contributed by atoms with Crippen LogP contribution in [0.2, 0.25) is 0 Å². The Hall–Kier alpha value is -2.36. The van der Waals surface area contributed by atoms with Gasteiger partial charge in [0.15, 0.2) is 0 Å². The number of hydrogen-bond acceptors (Lipinski definition) is 2. The molecule has 25 heavy (non-hydrogen) atoms. The summed E-state index contributed by atoms with van der Waals surface area (Å²) in [6, 6.07) is 14.2. The molecule has 3 nitrogen and oxygen atoms in total. The number of halogens is 1. The van der Waals surface area contributed by atoms with Gasteiger partial charge in [0.05, 0.1) is 7.11 Å². The average molecular weight is 341 g/mol. The van der Waals surface area contributed by atoms with E-state index in [9.17, 15) is 9.18 Å². The lowest BCUT2D eigenvalue weighted by molar-refractivity contribution is -0.117. The van der Waals surface area contributed by atoms with Crippen LogP contribution in [0.1, 0.15) is 43.6 Å². The summed E-state index contributed by atoms with van der Waals surface area (Å²) in [5.41, 5.74) is 1.98. The van der Waals surface area contributed by atoms with Gasteiger partial charge in [0.25, 0.3) is 0 Å². The quantitative estimate of drug-likeness (QED) is 0.818. The first kappa shape index (κ1) is 17.5. The van der Waals surface area contributed by atoms with E-state index in [-0.39, 0.29) is 11.7 Å². The predicted molar refractivity (Wildman–Crippen MR) is 97.3 cm³/mol. The van der Waals surface area contributed by atoms with Crippen molar-refractivity contribution >= 4 is 11.6 Å². The van der Waals surface area contributed by atoms with Crippen LogP contribution in [0.15, 0.2) is 48.5 Å². The van der Waals surface area contributed by atoms with Gasteiger partial charge < -0.3 is 10.1 Å². The Kier molecular flexibility index (Phi) is 5.69.